The summed E-state index contributed by atoms with van der Waals surface area (Å²) in [4.78, 5) is 18.0. The van der Waals surface area contributed by atoms with Gasteiger partial charge in [0.15, 0.2) is 5.78 Å². The van der Waals surface area contributed by atoms with E-state index in [2.05, 4.69) is 26.8 Å². The second-order valence-corrected chi connectivity index (χ2v) is 6.24. The van der Waals surface area contributed by atoms with E-state index in [1.807, 2.05) is 13.0 Å². The molecule has 0 saturated heterocycles. The van der Waals surface area contributed by atoms with Crippen LogP contribution < -0.4 is 5.32 Å². The van der Waals surface area contributed by atoms with Crippen molar-refractivity contribution >= 4 is 23.1 Å². The van der Waals surface area contributed by atoms with Crippen LogP contribution in [0.5, 0.6) is 0 Å². The number of Topliss-reactive ketones (excluding diaryl/α,β-unsaturated/α-hetero) is 1. The van der Waals surface area contributed by atoms with Gasteiger partial charge in [0.25, 0.3) is 0 Å². The van der Waals surface area contributed by atoms with Crippen molar-refractivity contribution in [1.82, 2.24) is 14.8 Å². The average molecular weight is 286 g/mol. The zero-order chi connectivity index (χ0) is 13.7. The molecular formula is C14H14N4OS. The van der Waals surface area contributed by atoms with Crippen molar-refractivity contribution < 1.29 is 4.79 Å². The molecule has 0 radical (unpaired) electrons. The third kappa shape index (κ3) is 1.64. The summed E-state index contributed by atoms with van der Waals surface area (Å²) in [5.41, 5.74) is 1.89. The summed E-state index contributed by atoms with van der Waals surface area (Å²) in [6, 6.07) is 4.13. The Morgan fingerprint density at radius 1 is 1.45 bits per heavy atom. The highest BCUT2D eigenvalue weighted by Gasteiger charge is 2.36. The Hall–Kier alpha value is -1.95. The lowest BCUT2D eigenvalue weighted by Crippen LogP contribution is -2.31. The van der Waals surface area contributed by atoms with Crippen molar-refractivity contribution in [2.24, 2.45) is 0 Å². The number of nitrogens with one attached hydrogen (secondary N) is 1. The third-order valence-electron chi connectivity index (χ3n) is 4.07. The standard InChI is InChI=1S/C14H14N4OS/c1-8-13-10(17-14-15-7-16-18(8)14)5-9(6-11(13)19)12-3-2-4-20-12/h2-4,7-9H,5-6H2,1H3,(H,15,16,17)/t8-,9+/m1/s1. The van der Waals surface area contributed by atoms with E-state index in [0.29, 0.717) is 6.42 Å². The highest BCUT2D eigenvalue weighted by atomic mass is 32.1. The van der Waals surface area contributed by atoms with E-state index in [4.69, 9.17) is 0 Å². The van der Waals surface area contributed by atoms with E-state index in [1.165, 1.54) is 11.2 Å². The summed E-state index contributed by atoms with van der Waals surface area (Å²) in [5, 5.41) is 9.54. The molecule has 1 N–H and O–H groups in total. The van der Waals surface area contributed by atoms with Gasteiger partial charge in [0.2, 0.25) is 5.95 Å². The summed E-state index contributed by atoms with van der Waals surface area (Å²) in [6.45, 7) is 2.01. The second kappa shape index (κ2) is 4.28. The van der Waals surface area contributed by atoms with Crippen LogP contribution in [0.15, 0.2) is 35.1 Å². The number of allylic oxidation sites excluding steroid dienone is 2. The van der Waals surface area contributed by atoms with E-state index < -0.39 is 0 Å². The number of ketones is 1. The van der Waals surface area contributed by atoms with Crippen LogP contribution in [-0.2, 0) is 4.79 Å². The van der Waals surface area contributed by atoms with E-state index in [1.54, 1.807) is 16.0 Å². The molecule has 0 aromatic carbocycles. The van der Waals surface area contributed by atoms with E-state index >= 15 is 0 Å². The number of rotatable bonds is 1. The maximum Gasteiger partial charge on any atom is 0.225 e. The second-order valence-electron chi connectivity index (χ2n) is 5.27. The number of anilines is 1. The topological polar surface area (TPSA) is 59.8 Å². The molecule has 2 aliphatic rings. The van der Waals surface area contributed by atoms with Crippen LogP contribution in [0.2, 0.25) is 0 Å². The first-order valence-electron chi connectivity index (χ1n) is 6.70. The van der Waals surface area contributed by atoms with Crippen LogP contribution in [0.1, 0.15) is 36.6 Å². The molecule has 20 heavy (non-hydrogen) atoms. The van der Waals surface area contributed by atoms with Crippen molar-refractivity contribution in [1.29, 1.82) is 0 Å². The summed E-state index contributed by atoms with van der Waals surface area (Å²) < 4.78 is 1.78. The van der Waals surface area contributed by atoms with Crippen LogP contribution in [0.25, 0.3) is 0 Å². The monoisotopic (exact) mass is 286 g/mol. The Bertz CT molecular complexity index is 701. The first-order chi connectivity index (χ1) is 9.74. The van der Waals surface area contributed by atoms with Gasteiger partial charge in [-0.05, 0) is 24.8 Å². The normalized spacial score (nSPS) is 25.1. The largest absolute Gasteiger partial charge is 0.328 e. The molecule has 4 rings (SSSR count). The minimum absolute atomic E-state index is 0.0273. The molecular weight excluding hydrogens is 272 g/mol. The van der Waals surface area contributed by atoms with Crippen molar-refractivity contribution in [2.45, 2.75) is 31.7 Å². The van der Waals surface area contributed by atoms with Gasteiger partial charge < -0.3 is 5.32 Å². The molecule has 1 aliphatic heterocycles. The van der Waals surface area contributed by atoms with Crippen LogP contribution in [0.3, 0.4) is 0 Å². The van der Waals surface area contributed by atoms with Gasteiger partial charge in [0.05, 0.1) is 6.04 Å². The number of aromatic nitrogens is 3. The number of thiophene rings is 1. The van der Waals surface area contributed by atoms with Gasteiger partial charge in [0.1, 0.15) is 6.33 Å². The van der Waals surface area contributed by atoms with Gasteiger partial charge in [-0.2, -0.15) is 10.1 Å². The number of hydrogen-bond acceptors (Lipinski definition) is 5. The third-order valence-corrected chi connectivity index (χ3v) is 5.11. The highest BCUT2D eigenvalue weighted by Crippen LogP contribution is 2.42. The Balaban J connectivity index is 1.73. The molecule has 102 valence electrons. The zero-order valence-electron chi connectivity index (χ0n) is 11.0. The van der Waals surface area contributed by atoms with Crippen LogP contribution in [0, 0.1) is 0 Å². The fraction of sp³-hybridized carbons (Fsp3) is 0.357. The minimum atomic E-state index is -0.0273. The quantitative estimate of drug-likeness (QED) is 0.875. The molecule has 0 spiro atoms. The molecule has 2 aromatic rings. The average Bonchev–Trinajstić information content (AvgIpc) is 3.09. The molecule has 1 aliphatic carbocycles. The molecule has 5 nitrogen and oxygen atoms in total. The minimum Gasteiger partial charge on any atom is -0.328 e. The molecule has 0 saturated carbocycles. The Kier molecular flexibility index (Phi) is 2.53. The number of fused-ring (bicyclic) bond motifs is 1. The van der Waals surface area contributed by atoms with Gasteiger partial charge >= 0.3 is 0 Å². The number of hydrogen-bond donors (Lipinski definition) is 1. The first-order valence-corrected chi connectivity index (χ1v) is 7.58. The van der Waals surface area contributed by atoms with E-state index in [9.17, 15) is 4.79 Å². The lowest BCUT2D eigenvalue weighted by Gasteiger charge is -2.33. The molecule has 0 bridgehead atoms. The summed E-state index contributed by atoms with van der Waals surface area (Å²) in [6.07, 6.45) is 2.99. The van der Waals surface area contributed by atoms with Gasteiger partial charge in [-0.15, -0.1) is 11.3 Å². The fourth-order valence-electron chi connectivity index (χ4n) is 3.14. The van der Waals surface area contributed by atoms with Gasteiger partial charge in [-0.1, -0.05) is 6.07 Å². The molecule has 6 heteroatoms. The number of nitrogens with zero attached hydrogens (tertiary/aromatic N) is 3. The van der Waals surface area contributed by atoms with Crippen molar-refractivity contribution in [3.05, 3.63) is 40.0 Å². The Labute approximate surface area is 120 Å². The molecule has 0 amide bonds. The smallest absolute Gasteiger partial charge is 0.225 e. The molecule has 0 unspecified atom stereocenters. The van der Waals surface area contributed by atoms with E-state index in [-0.39, 0.29) is 17.7 Å². The van der Waals surface area contributed by atoms with Crippen LogP contribution in [0.4, 0.5) is 5.95 Å². The maximum atomic E-state index is 12.5. The summed E-state index contributed by atoms with van der Waals surface area (Å²) in [5.74, 6) is 1.25. The number of carbonyl (C=O) groups is 1. The lowest BCUT2D eigenvalue weighted by atomic mass is 9.82. The summed E-state index contributed by atoms with van der Waals surface area (Å²) >= 11 is 1.72. The SMILES string of the molecule is C[C@@H]1C2=C(C[C@H](c3cccs3)CC2=O)Nc2ncnn21. The van der Waals surface area contributed by atoms with Crippen molar-refractivity contribution in [3.63, 3.8) is 0 Å². The molecule has 2 atom stereocenters. The fourth-order valence-corrected chi connectivity index (χ4v) is 3.97. The zero-order valence-corrected chi connectivity index (χ0v) is 11.9. The lowest BCUT2D eigenvalue weighted by molar-refractivity contribution is -0.116. The Morgan fingerprint density at radius 3 is 3.15 bits per heavy atom. The van der Waals surface area contributed by atoms with Gasteiger partial charge in [0, 0.05) is 28.5 Å². The molecule has 2 aromatic heterocycles. The predicted octanol–water partition coefficient (Wildman–Crippen LogP) is 2.73. The highest BCUT2D eigenvalue weighted by molar-refractivity contribution is 7.10. The predicted molar refractivity (Wildman–Crippen MR) is 76.7 cm³/mol. The molecule has 3 heterocycles. The number of carbonyl (C=O) groups excluding carboxylic acids is 1. The first kappa shape index (κ1) is 11.8. The van der Waals surface area contributed by atoms with Crippen LogP contribution in [-0.4, -0.2) is 20.5 Å². The molecule has 0 fully saturated rings. The van der Waals surface area contributed by atoms with Crippen LogP contribution >= 0.6 is 11.3 Å². The van der Waals surface area contributed by atoms with Crippen molar-refractivity contribution in [3.8, 4) is 0 Å². The van der Waals surface area contributed by atoms with Crippen molar-refractivity contribution in [2.75, 3.05) is 5.32 Å². The Morgan fingerprint density at radius 2 is 2.35 bits per heavy atom. The summed E-state index contributed by atoms with van der Waals surface area (Å²) in [7, 11) is 0. The van der Waals surface area contributed by atoms with Gasteiger partial charge in [-0.25, -0.2) is 4.68 Å². The van der Waals surface area contributed by atoms with E-state index in [0.717, 1.165) is 23.6 Å². The van der Waals surface area contributed by atoms with Gasteiger partial charge in [-0.3, -0.25) is 4.79 Å². The maximum absolute atomic E-state index is 12.5.